The fourth-order valence-electron chi connectivity index (χ4n) is 1.32. The molecule has 2 N–H and O–H groups in total. The minimum Gasteiger partial charge on any atom is -0.483 e. The molecule has 0 unspecified atom stereocenters. The van der Waals surface area contributed by atoms with Crippen molar-refractivity contribution in [2.75, 3.05) is 13.7 Å². The van der Waals surface area contributed by atoms with Crippen LogP contribution in [0.25, 0.3) is 0 Å². The number of para-hydroxylation sites is 1. The first-order valence-electron chi connectivity index (χ1n) is 5.78. The summed E-state index contributed by atoms with van der Waals surface area (Å²) in [7, 11) is 1.60. The van der Waals surface area contributed by atoms with Gasteiger partial charge in [-0.2, -0.15) is 0 Å². The predicted octanol–water partition coefficient (Wildman–Crippen LogP) is 1.31. The number of carbonyl (C=O) groups excluding carboxylic acids is 1. The van der Waals surface area contributed by atoms with Crippen molar-refractivity contribution in [1.29, 1.82) is 0 Å². The minimum atomic E-state index is -0.128. The first-order chi connectivity index (χ1) is 8.13. The lowest BCUT2D eigenvalue weighted by Gasteiger charge is -2.13. The Morgan fingerprint density at radius 1 is 1.35 bits per heavy atom. The SMILES string of the molecule is CNC(=O)COc1ccccc1CNC(C)C. The molecule has 0 bridgehead atoms. The number of likely N-dealkylation sites (N-methyl/N-ethyl adjacent to an activating group) is 1. The van der Waals surface area contributed by atoms with Gasteiger partial charge in [0.05, 0.1) is 0 Å². The Kier molecular flexibility index (Phi) is 5.49. The molecule has 1 aromatic rings. The summed E-state index contributed by atoms with van der Waals surface area (Å²) in [5.74, 6) is 0.626. The van der Waals surface area contributed by atoms with Crippen LogP contribution in [0, 0.1) is 0 Å². The van der Waals surface area contributed by atoms with Crippen molar-refractivity contribution >= 4 is 5.91 Å². The summed E-state index contributed by atoms with van der Waals surface area (Å²) < 4.78 is 5.47. The second-order valence-corrected chi connectivity index (χ2v) is 4.11. The number of ether oxygens (including phenoxy) is 1. The molecule has 1 aromatic carbocycles. The number of carbonyl (C=O) groups is 1. The van der Waals surface area contributed by atoms with Crippen LogP contribution >= 0.6 is 0 Å². The van der Waals surface area contributed by atoms with Crippen LogP contribution in [0.1, 0.15) is 19.4 Å². The van der Waals surface area contributed by atoms with Gasteiger partial charge in [-0.1, -0.05) is 32.0 Å². The third-order valence-electron chi connectivity index (χ3n) is 2.31. The van der Waals surface area contributed by atoms with Gasteiger partial charge in [0, 0.05) is 25.2 Å². The van der Waals surface area contributed by atoms with E-state index < -0.39 is 0 Å². The van der Waals surface area contributed by atoms with E-state index in [1.807, 2.05) is 24.3 Å². The van der Waals surface area contributed by atoms with Gasteiger partial charge in [0.15, 0.2) is 6.61 Å². The monoisotopic (exact) mass is 236 g/mol. The van der Waals surface area contributed by atoms with E-state index in [1.54, 1.807) is 7.05 Å². The van der Waals surface area contributed by atoms with Gasteiger partial charge >= 0.3 is 0 Å². The van der Waals surface area contributed by atoms with Gasteiger partial charge in [0.2, 0.25) is 0 Å². The number of nitrogens with one attached hydrogen (secondary N) is 2. The Hall–Kier alpha value is -1.55. The Morgan fingerprint density at radius 2 is 2.06 bits per heavy atom. The smallest absolute Gasteiger partial charge is 0.257 e. The maximum atomic E-state index is 11.1. The van der Waals surface area contributed by atoms with Gasteiger partial charge in [0.25, 0.3) is 5.91 Å². The van der Waals surface area contributed by atoms with Gasteiger partial charge in [-0.05, 0) is 6.07 Å². The molecule has 0 atom stereocenters. The van der Waals surface area contributed by atoms with Crippen LogP contribution in [-0.2, 0) is 11.3 Å². The van der Waals surface area contributed by atoms with E-state index in [2.05, 4.69) is 24.5 Å². The zero-order valence-electron chi connectivity index (χ0n) is 10.6. The molecule has 0 fully saturated rings. The quantitative estimate of drug-likeness (QED) is 0.783. The summed E-state index contributed by atoms with van der Waals surface area (Å²) in [5, 5.41) is 5.85. The molecule has 94 valence electrons. The summed E-state index contributed by atoms with van der Waals surface area (Å²) in [4.78, 5) is 11.1. The average Bonchev–Trinajstić information content (AvgIpc) is 2.34. The highest BCUT2D eigenvalue weighted by Gasteiger charge is 2.05. The molecule has 0 radical (unpaired) electrons. The molecule has 17 heavy (non-hydrogen) atoms. The van der Waals surface area contributed by atoms with Crippen molar-refractivity contribution in [1.82, 2.24) is 10.6 Å². The highest BCUT2D eigenvalue weighted by Crippen LogP contribution is 2.17. The number of rotatable bonds is 6. The Labute approximate surface area is 102 Å². The second kappa shape index (κ2) is 6.91. The van der Waals surface area contributed by atoms with Gasteiger partial charge in [-0.3, -0.25) is 4.79 Å². The highest BCUT2D eigenvalue weighted by atomic mass is 16.5. The molecular formula is C13H20N2O2. The van der Waals surface area contributed by atoms with Crippen LogP contribution in [0.3, 0.4) is 0 Å². The molecule has 0 aliphatic carbocycles. The van der Waals surface area contributed by atoms with E-state index in [9.17, 15) is 4.79 Å². The third-order valence-corrected chi connectivity index (χ3v) is 2.31. The van der Waals surface area contributed by atoms with Crippen molar-refractivity contribution in [3.63, 3.8) is 0 Å². The first kappa shape index (κ1) is 13.5. The molecule has 4 nitrogen and oxygen atoms in total. The summed E-state index contributed by atoms with van der Waals surface area (Å²) in [5.41, 5.74) is 1.06. The molecule has 0 saturated heterocycles. The summed E-state index contributed by atoms with van der Waals surface area (Å²) in [6.45, 7) is 4.97. The largest absolute Gasteiger partial charge is 0.483 e. The predicted molar refractivity (Wildman–Crippen MR) is 68.0 cm³/mol. The Balaban J connectivity index is 2.60. The van der Waals surface area contributed by atoms with E-state index in [0.717, 1.165) is 17.9 Å². The van der Waals surface area contributed by atoms with E-state index >= 15 is 0 Å². The fraction of sp³-hybridized carbons (Fsp3) is 0.462. The maximum absolute atomic E-state index is 11.1. The fourth-order valence-corrected chi connectivity index (χ4v) is 1.32. The number of amides is 1. The van der Waals surface area contributed by atoms with Gasteiger partial charge < -0.3 is 15.4 Å². The van der Waals surface area contributed by atoms with Gasteiger partial charge in [-0.15, -0.1) is 0 Å². The van der Waals surface area contributed by atoms with Crippen LogP contribution in [0.15, 0.2) is 24.3 Å². The lowest BCUT2D eigenvalue weighted by Crippen LogP contribution is -2.26. The van der Waals surface area contributed by atoms with Crippen LogP contribution in [0.5, 0.6) is 5.75 Å². The molecule has 0 saturated carbocycles. The minimum absolute atomic E-state index is 0.0508. The van der Waals surface area contributed by atoms with E-state index in [0.29, 0.717) is 6.04 Å². The zero-order chi connectivity index (χ0) is 12.7. The molecular weight excluding hydrogens is 216 g/mol. The summed E-state index contributed by atoms with van der Waals surface area (Å²) in [6, 6.07) is 8.15. The number of hydrogen-bond donors (Lipinski definition) is 2. The summed E-state index contributed by atoms with van der Waals surface area (Å²) in [6.07, 6.45) is 0. The number of hydrogen-bond acceptors (Lipinski definition) is 3. The Bertz CT molecular complexity index is 364. The second-order valence-electron chi connectivity index (χ2n) is 4.11. The molecule has 0 spiro atoms. The van der Waals surface area contributed by atoms with E-state index in [-0.39, 0.29) is 12.5 Å². The zero-order valence-corrected chi connectivity index (χ0v) is 10.6. The van der Waals surface area contributed by atoms with Crippen LogP contribution < -0.4 is 15.4 Å². The van der Waals surface area contributed by atoms with Crippen molar-refractivity contribution in [2.45, 2.75) is 26.4 Å². The van der Waals surface area contributed by atoms with Crippen molar-refractivity contribution in [3.05, 3.63) is 29.8 Å². The lowest BCUT2D eigenvalue weighted by molar-refractivity contribution is -0.122. The highest BCUT2D eigenvalue weighted by molar-refractivity contribution is 5.77. The van der Waals surface area contributed by atoms with Crippen LogP contribution in [0.2, 0.25) is 0 Å². The number of benzene rings is 1. The van der Waals surface area contributed by atoms with E-state index in [1.165, 1.54) is 0 Å². The average molecular weight is 236 g/mol. The van der Waals surface area contributed by atoms with Crippen LogP contribution in [-0.4, -0.2) is 25.6 Å². The van der Waals surface area contributed by atoms with Crippen LogP contribution in [0.4, 0.5) is 0 Å². The standard InChI is InChI=1S/C13H20N2O2/c1-10(2)15-8-11-6-4-5-7-12(11)17-9-13(16)14-3/h4-7,10,15H,8-9H2,1-3H3,(H,14,16). The Morgan fingerprint density at radius 3 is 2.71 bits per heavy atom. The van der Waals surface area contributed by atoms with Crippen molar-refractivity contribution < 1.29 is 9.53 Å². The third kappa shape index (κ3) is 4.87. The van der Waals surface area contributed by atoms with Crippen molar-refractivity contribution in [2.24, 2.45) is 0 Å². The lowest BCUT2D eigenvalue weighted by atomic mass is 10.2. The van der Waals surface area contributed by atoms with Gasteiger partial charge in [-0.25, -0.2) is 0 Å². The normalized spacial score (nSPS) is 10.4. The molecule has 0 aliphatic rings. The molecule has 4 heteroatoms. The first-order valence-corrected chi connectivity index (χ1v) is 5.78. The maximum Gasteiger partial charge on any atom is 0.257 e. The van der Waals surface area contributed by atoms with Crippen molar-refractivity contribution in [3.8, 4) is 5.75 Å². The topological polar surface area (TPSA) is 50.4 Å². The molecule has 1 amide bonds. The van der Waals surface area contributed by atoms with E-state index in [4.69, 9.17) is 4.74 Å². The molecule has 0 heterocycles. The van der Waals surface area contributed by atoms with Gasteiger partial charge in [0.1, 0.15) is 5.75 Å². The summed E-state index contributed by atoms with van der Waals surface area (Å²) >= 11 is 0. The molecule has 0 aromatic heterocycles. The molecule has 1 rings (SSSR count). The molecule has 0 aliphatic heterocycles.